The third-order valence-corrected chi connectivity index (χ3v) is 2.91. The smallest absolute Gasteiger partial charge is 0.224 e. The Hall–Kier alpha value is -0.120. The minimum absolute atomic E-state index is 0.525. The van der Waals surface area contributed by atoms with Crippen LogP contribution < -0.4 is 0 Å². The van der Waals surface area contributed by atoms with Crippen molar-refractivity contribution in [1.29, 1.82) is 0 Å². The molecule has 11 heavy (non-hydrogen) atoms. The molecule has 2 bridgehead atoms. The van der Waals surface area contributed by atoms with Gasteiger partial charge in [0.25, 0.3) is 0 Å². The molecule has 2 unspecified atom stereocenters. The number of piperidine rings is 2. The van der Waals surface area contributed by atoms with E-state index in [0.717, 1.165) is 31.8 Å². The van der Waals surface area contributed by atoms with Crippen molar-refractivity contribution >= 4 is 0 Å². The number of nitrogens with zero attached hydrogens (tertiary/aromatic N) is 1. The zero-order chi connectivity index (χ0) is 7.90. The van der Waals surface area contributed by atoms with Crippen LogP contribution in [0.25, 0.3) is 0 Å². The van der Waals surface area contributed by atoms with Gasteiger partial charge in [0, 0.05) is 19.5 Å². The maximum Gasteiger partial charge on any atom is 0.224 e. The van der Waals surface area contributed by atoms with Crippen LogP contribution in [0.15, 0.2) is 0 Å². The van der Waals surface area contributed by atoms with Crippen molar-refractivity contribution in [3.05, 3.63) is 0 Å². The first-order valence-corrected chi connectivity index (χ1v) is 4.38. The van der Waals surface area contributed by atoms with Gasteiger partial charge in [0.1, 0.15) is 0 Å². The number of hydrogen-bond acceptors (Lipinski definition) is 3. The van der Waals surface area contributed by atoms with Crippen molar-refractivity contribution in [2.45, 2.75) is 31.6 Å². The lowest BCUT2D eigenvalue weighted by Gasteiger charge is -2.45. The van der Waals surface area contributed by atoms with E-state index in [0.29, 0.717) is 6.42 Å². The van der Waals surface area contributed by atoms with E-state index in [4.69, 9.17) is 0 Å². The maximum absolute atomic E-state index is 9.47. The normalized spacial score (nSPS) is 42.0. The molecule has 0 spiro atoms. The van der Waals surface area contributed by atoms with Crippen molar-refractivity contribution in [3.8, 4) is 0 Å². The van der Waals surface area contributed by atoms with E-state index >= 15 is 0 Å². The Morgan fingerprint density at radius 3 is 2.82 bits per heavy atom. The van der Waals surface area contributed by atoms with E-state index in [9.17, 15) is 10.2 Å². The monoisotopic (exact) mass is 157 g/mol. The van der Waals surface area contributed by atoms with Gasteiger partial charge in [0.15, 0.2) is 0 Å². The summed E-state index contributed by atoms with van der Waals surface area (Å²) in [6.07, 6.45) is 3.89. The molecule has 2 heterocycles. The summed E-state index contributed by atoms with van der Waals surface area (Å²) in [5, 5.41) is 18.9. The SMILES string of the molecule is OC1(O)CCC2CCCN1C2. The summed E-state index contributed by atoms with van der Waals surface area (Å²) >= 11 is 0. The molecule has 2 rings (SSSR count). The molecule has 0 aromatic rings. The lowest BCUT2D eigenvalue weighted by molar-refractivity contribution is -0.291. The van der Waals surface area contributed by atoms with Gasteiger partial charge in [-0.05, 0) is 25.2 Å². The molecule has 0 amide bonds. The zero-order valence-electron chi connectivity index (χ0n) is 6.66. The highest BCUT2D eigenvalue weighted by Crippen LogP contribution is 2.33. The Morgan fingerprint density at radius 1 is 1.27 bits per heavy atom. The largest absolute Gasteiger partial charge is 0.353 e. The van der Waals surface area contributed by atoms with Crippen LogP contribution in [0.2, 0.25) is 0 Å². The van der Waals surface area contributed by atoms with E-state index in [-0.39, 0.29) is 0 Å². The average molecular weight is 157 g/mol. The van der Waals surface area contributed by atoms with Gasteiger partial charge in [-0.25, -0.2) is 0 Å². The number of aliphatic hydroxyl groups is 2. The summed E-state index contributed by atoms with van der Waals surface area (Å²) in [5.74, 6) is -0.770. The summed E-state index contributed by atoms with van der Waals surface area (Å²) in [4.78, 5) is 1.80. The molecule has 2 aliphatic rings. The van der Waals surface area contributed by atoms with Crippen molar-refractivity contribution in [2.75, 3.05) is 13.1 Å². The average Bonchev–Trinajstić information content (AvgIpc) is 2.00. The molecule has 0 saturated carbocycles. The second kappa shape index (κ2) is 2.44. The summed E-state index contributed by atoms with van der Waals surface area (Å²) in [6.45, 7) is 1.73. The van der Waals surface area contributed by atoms with Crippen LogP contribution in [-0.4, -0.2) is 34.1 Å². The lowest BCUT2D eigenvalue weighted by Crippen LogP contribution is -2.56. The fraction of sp³-hybridized carbons (Fsp3) is 1.00. The van der Waals surface area contributed by atoms with Crippen molar-refractivity contribution in [2.24, 2.45) is 5.92 Å². The fourth-order valence-electron chi connectivity index (χ4n) is 2.18. The molecule has 0 aromatic carbocycles. The molecular weight excluding hydrogens is 142 g/mol. The molecule has 2 N–H and O–H groups in total. The van der Waals surface area contributed by atoms with Gasteiger partial charge >= 0.3 is 0 Å². The van der Waals surface area contributed by atoms with Gasteiger partial charge in [-0.2, -0.15) is 0 Å². The van der Waals surface area contributed by atoms with Crippen LogP contribution in [0.4, 0.5) is 0 Å². The highest BCUT2D eigenvalue weighted by Gasteiger charge is 2.39. The predicted molar refractivity (Wildman–Crippen MR) is 40.7 cm³/mol. The molecule has 2 saturated heterocycles. The van der Waals surface area contributed by atoms with E-state index in [1.54, 1.807) is 4.90 Å². The van der Waals surface area contributed by atoms with Crippen LogP contribution in [-0.2, 0) is 0 Å². The molecule has 0 aliphatic carbocycles. The Balaban J connectivity index is 2.09. The van der Waals surface area contributed by atoms with Gasteiger partial charge in [-0.1, -0.05) is 0 Å². The lowest BCUT2D eigenvalue weighted by atomic mass is 9.88. The summed E-state index contributed by atoms with van der Waals surface area (Å²) in [5.41, 5.74) is 0. The molecule has 3 heteroatoms. The van der Waals surface area contributed by atoms with Gasteiger partial charge in [-0.15, -0.1) is 0 Å². The van der Waals surface area contributed by atoms with E-state index in [1.165, 1.54) is 6.42 Å². The molecule has 2 aliphatic heterocycles. The minimum Gasteiger partial charge on any atom is -0.353 e. The Morgan fingerprint density at radius 2 is 2.09 bits per heavy atom. The van der Waals surface area contributed by atoms with Crippen LogP contribution in [0.1, 0.15) is 25.7 Å². The predicted octanol–water partition coefficient (Wildman–Crippen LogP) is 0.131. The minimum atomic E-state index is -1.49. The Kier molecular flexibility index (Phi) is 1.67. The number of hydrogen-bond donors (Lipinski definition) is 2. The second-order valence-electron chi connectivity index (χ2n) is 3.77. The van der Waals surface area contributed by atoms with E-state index in [2.05, 4.69) is 0 Å². The summed E-state index contributed by atoms with van der Waals surface area (Å²) < 4.78 is 0. The third kappa shape index (κ3) is 1.28. The van der Waals surface area contributed by atoms with Crippen molar-refractivity contribution in [3.63, 3.8) is 0 Å². The van der Waals surface area contributed by atoms with Crippen LogP contribution in [0, 0.1) is 5.92 Å². The molecule has 2 atom stereocenters. The first-order valence-electron chi connectivity index (χ1n) is 4.38. The number of rotatable bonds is 0. The molecule has 64 valence electrons. The first-order chi connectivity index (χ1) is 5.18. The van der Waals surface area contributed by atoms with Crippen LogP contribution in [0.3, 0.4) is 0 Å². The van der Waals surface area contributed by atoms with Crippen molar-refractivity contribution < 1.29 is 10.2 Å². The summed E-state index contributed by atoms with van der Waals surface area (Å²) in [6, 6.07) is 0. The summed E-state index contributed by atoms with van der Waals surface area (Å²) in [7, 11) is 0. The highest BCUT2D eigenvalue weighted by molar-refractivity contribution is 4.83. The van der Waals surface area contributed by atoms with Gasteiger partial charge in [-0.3, -0.25) is 4.90 Å². The zero-order valence-corrected chi connectivity index (χ0v) is 6.66. The molecule has 0 radical (unpaired) electrons. The Bertz CT molecular complexity index is 158. The fourth-order valence-corrected chi connectivity index (χ4v) is 2.18. The third-order valence-electron chi connectivity index (χ3n) is 2.91. The van der Waals surface area contributed by atoms with Crippen LogP contribution in [0.5, 0.6) is 0 Å². The molecule has 0 aromatic heterocycles. The first kappa shape index (κ1) is 7.53. The van der Waals surface area contributed by atoms with E-state index in [1.807, 2.05) is 0 Å². The number of fused-ring (bicyclic) bond motifs is 2. The molecule has 2 fully saturated rings. The van der Waals surface area contributed by atoms with Gasteiger partial charge in [0.2, 0.25) is 5.91 Å². The topological polar surface area (TPSA) is 43.7 Å². The highest BCUT2D eigenvalue weighted by atomic mass is 16.5. The van der Waals surface area contributed by atoms with Gasteiger partial charge < -0.3 is 10.2 Å². The van der Waals surface area contributed by atoms with Crippen molar-refractivity contribution in [1.82, 2.24) is 4.90 Å². The quantitative estimate of drug-likeness (QED) is 0.491. The Labute approximate surface area is 66.6 Å². The molecular formula is C8H15NO2. The maximum atomic E-state index is 9.47. The second-order valence-corrected chi connectivity index (χ2v) is 3.77. The standard InChI is InChI=1S/C8H15NO2/c10-8(11)4-3-7-2-1-5-9(8)6-7/h7,10-11H,1-6H2. The van der Waals surface area contributed by atoms with Gasteiger partial charge in [0.05, 0.1) is 0 Å². The van der Waals surface area contributed by atoms with E-state index < -0.39 is 5.91 Å². The molecule has 3 nitrogen and oxygen atoms in total. The van der Waals surface area contributed by atoms with Crippen LogP contribution >= 0.6 is 0 Å².